The van der Waals surface area contributed by atoms with E-state index in [2.05, 4.69) is 10.4 Å². The first-order valence-corrected chi connectivity index (χ1v) is 5.82. The van der Waals surface area contributed by atoms with Crippen LogP contribution in [-0.4, -0.2) is 15.7 Å². The van der Waals surface area contributed by atoms with Crippen molar-refractivity contribution in [2.24, 2.45) is 7.05 Å². The highest BCUT2D eigenvalue weighted by molar-refractivity contribution is 6.30. The zero-order valence-electron chi connectivity index (χ0n) is 10.2. The molecule has 0 aliphatic rings. The first-order valence-electron chi connectivity index (χ1n) is 5.44. The summed E-state index contributed by atoms with van der Waals surface area (Å²) in [5.41, 5.74) is -1.19. The second kappa shape index (κ2) is 5.16. The Kier molecular flexibility index (Phi) is 3.71. The molecule has 0 unspecified atom stereocenters. The van der Waals surface area contributed by atoms with Crippen LogP contribution in [0.1, 0.15) is 15.9 Å². The number of halogens is 4. The number of aromatic nitrogens is 2. The molecule has 4 nitrogen and oxygen atoms in total. The Morgan fingerprint density at radius 2 is 2.10 bits per heavy atom. The molecule has 1 heterocycles. The maximum absolute atomic E-state index is 12.9. The van der Waals surface area contributed by atoms with Crippen LogP contribution in [0.15, 0.2) is 30.6 Å². The number of nitrogens with zero attached hydrogens (tertiary/aromatic N) is 2. The number of benzene rings is 1. The molecule has 1 aromatic carbocycles. The molecule has 0 bridgehead atoms. The zero-order chi connectivity index (χ0) is 14.9. The van der Waals surface area contributed by atoms with Gasteiger partial charge in [0, 0.05) is 18.3 Å². The summed E-state index contributed by atoms with van der Waals surface area (Å²) in [5.74, 6) is -0.675. The maximum Gasteiger partial charge on any atom is 0.418 e. The minimum atomic E-state index is -4.61. The Balaban J connectivity index is 2.32. The molecule has 1 amide bonds. The van der Waals surface area contributed by atoms with Crippen molar-refractivity contribution in [2.45, 2.75) is 6.18 Å². The van der Waals surface area contributed by atoms with Gasteiger partial charge in [0.05, 0.1) is 23.0 Å². The van der Waals surface area contributed by atoms with Crippen molar-refractivity contribution < 1.29 is 18.0 Å². The first kappa shape index (κ1) is 14.4. The monoisotopic (exact) mass is 303 g/mol. The molecule has 0 atom stereocenters. The zero-order valence-corrected chi connectivity index (χ0v) is 11.0. The number of hydrogen-bond donors (Lipinski definition) is 1. The molecule has 2 rings (SSSR count). The number of anilines is 1. The van der Waals surface area contributed by atoms with Crippen molar-refractivity contribution >= 4 is 23.2 Å². The van der Waals surface area contributed by atoms with Crippen LogP contribution in [0.3, 0.4) is 0 Å². The molecular formula is C12H9ClF3N3O. The van der Waals surface area contributed by atoms with Crippen LogP contribution in [0.4, 0.5) is 18.9 Å². The minimum absolute atomic E-state index is 0.0586. The number of aryl methyl sites for hydroxylation is 1. The Morgan fingerprint density at radius 1 is 1.40 bits per heavy atom. The van der Waals surface area contributed by atoms with E-state index in [-0.39, 0.29) is 16.3 Å². The quantitative estimate of drug-likeness (QED) is 0.925. The van der Waals surface area contributed by atoms with Crippen molar-refractivity contribution in [3.05, 3.63) is 46.7 Å². The van der Waals surface area contributed by atoms with E-state index in [1.165, 1.54) is 23.1 Å². The van der Waals surface area contributed by atoms with Gasteiger partial charge in [0.2, 0.25) is 0 Å². The lowest BCUT2D eigenvalue weighted by atomic mass is 10.1. The van der Waals surface area contributed by atoms with Crippen molar-refractivity contribution in [1.29, 1.82) is 0 Å². The van der Waals surface area contributed by atoms with Gasteiger partial charge in [-0.3, -0.25) is 9.48 Å². The molecule has 20 heavy (non-hydrogen) atoms. The van der Waals surface area contributed by atoms with E-state index < -0.39 is 17.6 Å². The fourth-order valence-electron chi connectivity index (χ4n) is 1.59. The van der Waals surface area contributed by atoms with E-state index in [4.69, 9.17) is 11.6 Å². The number of rotatable bonds is 2. The summed E-state index contributed by atoms with van der Waals surface area (Å²) < 4.78 is 40.0. The van der Waals surface area contributed by atoms with Gasteiger partial charge < -0.3 is 5.32 Å². The highest BCUT2D eigenvalue weighted by Gasteiger charge is 2.34. The SMILES string of the molecule is Cn1cc(C(=O)Nc2ccc(Cl)cc2C(F)(F)F)cn1. The molecule has 1 N–H and O–H groups in total. The second-order valence-electron chi connectivity index (χ2n) is 4.04. The number of hydrogen-bond acceptors (Lipinski definition) is 2. The van der Waals surface area contributed by atoms with Crippen molar-refractivity contribution in [3.63, 3.8) is 0 Å². The molecule has 0 radical (unpaired) electrons. The van der Waals surface area contributed by atoms with Crippen LogP contribution in [0.5, 0.6) is 0 Å². The smallest absolute Gasteiger partial charge is 0.321 e. The van der Waals surface area contributed by atoms with Gasteiger partial charge in [0.1, 0.15) is 0 Å². The molecule has 106 valence electrons. The van der Waals surface area contributed by atoms with Crippen LogP contribution >= 0.6 is 11.6 Å². The molecular weight excluding hydrogens is 295 g/mol. The van der Waals surface area contributed by atoms with Gasteiger partial charge in [-0.25, -0.2) is 0 Å². The third-order valence-corrected chi connectivity index (χ3v) is 2.74. The topological polar surface area (TPSA) is 46.9 Å². The van der Waals surface area contributed by atoms with Gasteiger partial charge in [0.25, 0.3) is 5.91 Å². The van der Waals surface area contributed by atoms with E-state index in [1.54, 1.807) is 7.05 Å². The lowest BCUT2D eigenvalue weighted by Gasteiger charge is -2.13. The van der Waals surface area contributed by atoms with Crippen LogP contribution < -0.4 is 5.32 Å². The first-order chi connectivity index (χ1) is 9.27. The number of carbonyl (C=O) groups is 1. The average molecular weight is 304 g/mol. The summed E-state index contributed by atoms with van der Waals surface area (Å²) in [4.78, 5) is 11.8. The lowest BCUT2D eigenvalue weighted by molar-refractivity contribution is -0.136. The van der Waals surface area contributed by atoms with Crippen molar-refractivity contribution in [2.75, 3.05) is 5.32 Å². The molecule has 1 aromatic heterocycles. The van der Waals surface area contributed by atoms with Gasteiger partial charge in [-0.2, -0.15) is 18.3 Å². The Labute approximate surface area is 117 Å². The summed E-state index contributed by atoms with van der Waals surface area (Å²) in [6.45, 7) is 0. The molecule has 0 saturated carbocycles. The number of carbonyl (C=O) groups excluding carboxylic acids is 1. The predicted molar refractivity (Wildman–Crippen MR) is 67.6 cm³/mol. The van der Waals surface area contributed by atoms with Crippen LogP contribution in [-0.2, 0) is 13.2 Å². The largest absolute Gasteiger partial charge is 0.418 e. The van der Waals surface area contributed by atoms with E-state index >= 15 is 0 Å². The summed E-state index contributed by atoms with van der Waals surface area (Å²) in [7, 11) is 1.60. The Bertz CT molecular complexity index is 652. The summed E-state index contributed by atoms with van der Waals surface area (Å²) >= 11 is 5.55. The fourth-order valence-corrected chi connectivity index (χ4v) is 1.77. The number of amides is 1. The van der Waals surface area contributed by atoms with Crippen LogP contribution in [0.25, 0.3) is 0 Å². The van der Waals surface area contributed by atoms with Crippen LogP contribution in [0, 0.1) is 0 Å². The van der Waals surface area contributed by atoms with Crippen molar-refractivity contribution in [1.82, 2.24) is 9.78 Å². The van der Waals surface area contributed by atoms with Gasteiger partial charge in [0.15, 0.2) is 0 Å². The fraction of sp³-hybridized carbons (Fsp3) is 0.167. The lowest BCUT2D eigenvalue weighted by Crippen LogP contribution is -2.16. The Morgan fingerprint density at radius 3 is 2.65 bits per heavy atom. The minimum Gasteiger partial charge on any atom is -0.321 e. The molecule has 2 aromatic rings. The summed E-state index contributed by atoms with van der Waals surface area (Å²) in [5, 5.41) is 5.92. The van der Waals surface area contributed by atoms with Crippen LogP contribution in [0.2, 0.25) is 5.02 Å². The predicted octanol–water partition coefficient (Wildman–Crippen LogP) is 3.34. The molecule has 0 aliphatic heterocycles. The third-order valence-electron chi connectivity index (χ3n) is 2.50. The van der Waals surface area contributed by atoms with E-state index in [9.17, 15) is 18.0 Å². The van der Waals surface area contributed by atoms with Gasteiger partial charge in [-0.1, -0.05) is 11.6 Å². The summed E-state index contributed by atoms with van der Waals surface area (Å²) in [6, 6.07) is 3.15. The molecule has 0 aliphatic carbocycles. The second-order valence-corrected chi connectivity index (χ2v) is 4.48. The van der Waals surface area contributed by atoms with E-state index in [0.29, 0.717) is 0 Å². The van der Waals surface area contributed by atoms with Gasteiger partial charge in [-0.05, 0) is 18.2 Å². The molecule has 0 spiro atoms. The third kappa shape index (κ3) is 3.11. The average Bonchev–Trinajstić information content (AvgIpc) is 2.77. The van der Waals surface area contributed by atoms with Gasteiger partial charge in [-0.15, -0.1) is 0 Å². The standard InChI is InChI=1S/C12H9ClF3N3O/c1-19-6-7(5-17-19)11(20)18-10-3-2-8(13)4-9(10)12(14,15)16/h2-6H,1H3,(H,18,20). The number of nitrogens with one attached hydrogen (secondary N) is 1. The maximum atomic E-state index is 12.9. The highest BCUT2D eigenvalue weighted by atomic mass is 35.5. The molecule has 0 saturated heterocycles. The Hall–Kier alpha value is -2.02. The molecule has 8 heteroatoms. The van der Waals surface area contributed by atoms with E-state index in [1.807, 2.05) is 0 Å². The van der Waals surface area contributed by atoms with Crippen molar-refractivity contribution in [3.8, 4) is 0 Å². The van der Waals surface area contributed by atoms with Gasteiger partial charge >= 0.3 is 6.18 Å². The van der Waals surface area contributed by atoms with E-state index in [0.717, 1.165) is 12.1 Å². The highest BCUT2D eigenvalue weighted by Crippen LogP contribution is 2.36. The molecule has 0 fully saturated rings. The normalized spacial score (nSPS) is 11.4. The number of alkyl halides is 3. The summed E-state index contributed by atoms with van der Waals surface area (Å²) in [6.07, 6.45) is -1.94.